The van der Waals surface area contributed by atoms with Crippen LogP contribution >= 0.6 is 0 Å². The maximum Gasteiger partial charge on any atom is 0.243 e. The first-order valence-corrected chi connectivity index (χ1v) is 6.72. The monoisotopic (exact) mass is 239 g/mol. The number of carbonyl (C=O) groups is 1. The highest BCUT2D eigenvalue weighted by molar-refractivity contribution is 5.88. The minimum atomic E-state index is -0.330. The number of nitrogens with one attached hydrogen (secondary N) is 1. The molecule has 0 spiro atoms. The summed E-state index contributed by atoms with van der Waals surface area (Å²) in [6, 6.07) is 0.416. The SMILES string of the molecule is CCC1(C)NCN(C2CCN(C)CC2C)C1=O. The maximum absolute atomic E-state index is 12.4. The number of likely N-dealkylation sites (tertiary alicyclic amines) is 1. The molecule has 2 saturated heterocycles. The molecule has 1 N–H and O–H groups in total. The van der Waals surface area contributed by atoms with Gasteiger partial charge < -0.3 is 9.80 Å². The Bertz CT molecular complexity index is 307. The largest absolute Gasteiger partial charge is 0.325 e. The Hall–Kier alpha value is -0.610. The molecule has 0 bridgehead atoms. The van der Waals surface area contributed by atoms with E-state index in [1.807, 2.05) is 6.92 Å². The van der Waals surface area contributed by atoms with Crippen LogP contribution in [-0.2, 0) is 4.79 Å². The van der Waals surface area contributed by atoms with Gasteiger partial charge in [-0.25, -0.2) is 0 Å². The lowest BCUT2D eigenvalue weighted by molar-refractivity contribution is -0.135. The van der Waals surface area contributed by atoms with Gasteiger partial charge in [0.05, 0.1) is 12.2 Å². The number of hydrogen-bond donors (Lipinski definition) is 1. The number of carbonyl (C=O) groups excluding carboxylic acids is 1. The van der Waals surface area contributed by atoms with Crippen LogP contribution in [0.1, 0.15) is 33.6 Å². The Labute approximate surface area is 104 Å². The van der Waals surface area contributed by atoms with Gasteiger partial charge in [0.25, 0.3) is 0 Å². The maximum atomic E-state index is 12.4. The lowest BCUT2D eigenvalue weighted by Gasteiger charge is -2.40. The van der Waals surface area contributed by atoms with Crippen LogP contribution in [0.4, 0.5) is 0 Å². The van der Waals surface area contributed by atoms with Gasteiger partial charge in [0.1, 0.15) is 0 Å². The van der Waals surface area contributed by atoms with Gasteiger partial charge in [0.15, 0.2) is 0 Å². The molecule has 2 heterocycles. The molecule has 2 fully saturated rings. The second kappa shape index (κ2) is 4.58. The molecule has 0 radical (unpaired) electrons. The molecule has 4 heteroatoms. The van der Waals surface area contributed by atoms with Crippen molar-refractivity contribution in [2.45, 2.75) is 45.2 Å². The molecule has 2 aliphatic heterocycles. The van der Waals surface area contributed by atoms with E-state index in [9.17, 15) is 4.79 Å². The van der Waals surface area contributed by atoms with Gasteiger partial charge >= 0.3 is 0 Å². The van der Waals surface area contributed by atoms with Crippen LogP contribution in [0.25, 0.3) is 0 Å². The molecular formula is C13H25N3O. The zero-order chi connectivity index (χ0) is 12.6. The van der Waals surface area contributed by atoms with Gasteiger partial charge in [-0.05, 0) is 39.3 Å². The van der Waals surface area contributed by atoms with Crippen molar-refractivity contribution < 1.29 is 4.79 Å². The third kappa shape index (κ3) is 2.20. The Morgan fingerprint density at radius 1 is 1.53 bits per heavy atom. The summed E-state index contributed by atoms with van der Waals surface area (Å²) in [5, 5.41) is 3.37. The number of amides is 1. The zero-order valence-corrected chi connectivity index (χ0v) is 11.5. The first-order chi connectivity index (χ1) is 7.98. The van der Waals surface area contributed by atoms with Crippen LogP contribution in [0.5, 0.6) is 0 Å². The molecule has 1 amide bonds. The van der Waals surface area contributed by atoms with E-state index in [1.165, 1.54) is 0 Å². The van der Waals surface area contributed by atoms with Gasteiger partial charge in [-0.3, -0.25) is 10.1 Å². The van der Waals surface area contributed by atoms with Crippen LogP contribution in [0, 0.1) is 5.92 Å². The van der Waals surface area contributed by atoms with Crippen molar-refractivity contribution in [2.24, 2.45) is 5.92 Å². The Kier molecular flexibility index (Phi) is 3.46. The molecule has 4 nitrogen and oxygen atoms in total. The molecule has 0 aromatic heterocycles. The number of nitrogens with zero attached hydrogens (tertiary/aromatic N) is 2. The fourth-order valence-electron chi connectivity index (χ4n) is 3.07. The topological polar surface area (TPSA) is 35.6 Å². The molecule has 3 atom stereocenters. The van der Waals surface area contributed by atoms with E-state index in [-0.39, 0.29) is 5.54 Å². The van der Waals surface area contributed by atoms with Gasteiger partial charge in [-0.2, -0.15) is 0 Å². The highest BCUT2D eigenvalue weighted by atomic mass is 16.2. The van der Waals surface area contributed by atoms with Gasteiger partial charge in [0.2, 0.25) is 5.91 Å². The van der Waals surface area contributed by atoms with Crippen molar-refractivity contribution in [3.05, 3.63) is 0 Å². The lowest BCUT2D eigenvalue weighted by atomic mass is 9.91. The Morgan fingerprint density at radius 3 is 2.76 bits per heavy atom. The van der Waals surface area contributed by atoms with E-state index >= 15 is 0 Å². The van der Waals surface area contributed by atoms with Crippen LogP contribution in [0.3, 0.4) is 0 Å². The summed E-state index contributed by atoms with van der Waals surface area (Å²) < 4.78 is 0. The molecule has 0 aromatic rings. The second-order valence-corrected chi connectivity index (χ2v) is 5.89. The van der Waals surface area contributed by atoms with E-state index in [2.05, 4.69) is 36.0 Å². The van der Waals surface area contributed by atoms with E-state index < -0.39 is 0 Å². The standard InChI is InChI=1S/C13H25N3O/c1-5-13(3)12(17)16(9-14-13)11-6-7-15(4)8-10(11)2/h10-11,14H,5-9H2,1-4H3. The number of hydrogen-bond acceptors (Lipinski definition) is 3. The summed E-state index contributed by atoms with van der Waals surface area (Å²) in [5.74, 6) is 0.861. The molecule has 3 unspecified atom stereocenters. The summed E-state index contributed by atoms with van der Waals surface area (Å²) in [6.45, 7) is 9.28. The highest BCUT2D eigenvalue weighted by Gasteiger charge is 2.45. The lowest BCUT2D eigenvalue weighted by Crippen LogP contribution is -2.51. The second-order valence-electron chi connectivity index (χ2n) is 5.89. The zero-order valence-electron chi connectivity index (χ0n) is 11.5. The summed E-state index contributed by atoms with van der Waals surface area (Å²) in [7, 11) is 2.16. The quantitative estimate of drug-likeness (QED) is 0.777. The molecule has 2 rings (SSSR count). The van der Waals surface area contributed by atoms with Crippen molar-refractivity contribution in [3.63, 3.8) is 0 Å². The first-order valence-electron chi connectivity index (χ1n) is 6.72. The van der Waals surface area contributed by atoms with Crippen LogP contribution in [-0.4, -0.2) is 54.1 Å². The molecule has 17 heavy (non-hydrogen) atoms. The molecule has 0 aliphatic carbocycles. The fraction of sp³-hybridized carbons (Fsp3) is 0.923. The van der Waals surface area contributed by atoms with Crippen LogP contribution in [0.15, 0.2) is 0 Å². The van der Waals surface area contributed by atoms with Gasteiger partial charge in [-0.1, -0.05) is 13.8 Å². The van der Waals surface area contributed by atoms with Crippen LogP contribution < -0.4 is 5.32 Å². The predicted molar refractivity (Wildman–Crippen MR) is 68.6 cm³/mol. The van der Waals surface area contributed by atoms with Gasteiger partial charge in [-0.15, -0.1) is 0 Å². The normalized spacial score (nSPS) is 40.0. The summed E-state index contributed by atoms with van der Waals surface area (Å²) in [5.41, 5.74) is -0.330. The highest BCUT2D eigenvalue weighted by Crippen LogP contribution is 2.27. The van der Waals surface area contributed by atoms with E-state index in [1.54, 1.807) is 0 Å². The van der Waals surface area contributed by atoms with Crippen molar-refractivity contribution >= 4 is 5.91 Å². The Balaban J connectivity index is 2.07. The molecular weight excluding hydrogens is 214 g/mol. The summed E-state index contributed by atoms with van der Waals surface area (Å²) >= 11 is 0. The minimum absolute atomic E-state index is 0.293. The van der Waals surface area contributed by atoms with E-state index in [4.69, 9.17) is 0 Å². The van der Waals surface area contributed by atoms with Crippen LogP contribution in [0.2, 0.25) is 0 Å². The van der Waals surface area contributed by atoms with E-state index in [0.717, 1.165) is 32.6 Å². The van der Waals surface area contributed by atoms with Gasteiger partial charge in [0, 0.05) is 12.6 Å². The fourth-order valence-corrected chi connectivity index (χ4v) is 3.07. The van der Waals surface area contributed by atoms with E-state index in [0.29, 0.717) is 17.9 Å². The van der Waals surface area contributed by atoms with Crippen molar-refractivity contribution in [1.29, 1.82) is 0 Å². The predicted octanol–water partition coefficient (Wildman–Crippen LogP) is 0.885. The smallest absolute Gasteiger partial charge is 0.243 e. The molecule has 0 saturated carbocycles. The third-order valence-corrected chi connectivity index (χ3v) is 4.54. The number of rotatable bonds is 2. The minimum Gasteiger partial charge on any atom is -0.325 e. The average Bonchev–Trinajstić information content (AvgIpc) is 2.58. The molecule has 2 aliphatic rings. The summed E-state index contributed by atoms with van der Waals surface area (Å²) in [4.78, 5) is 16.9. The average molecular weight is 239 g/mol. The number of piperidine rings is 1. The van der Waals surface area contributed by atoms with Crippen molar-refractivity contribution in [1.82, 2.24) is 15.1 Å². The molecule has 0 aromatic carbocycles. The third-order valence-electron chi connectivity index (χ3n) is 4.54. The Morgan fingerprint density at radius 2 is 2.24 bits per heavy atom. The summed E-state index contributed by atoms with van der Waals surface area (Å²) in [6.07, 6.45) is 1.97. The molecule has 98 valence electrons. The van der Waals surface area contributed by atoms with Crippen molar-refractivity contribution in [3.8, 4) is 0 Å². The van der Waals surface area contributed by atoms with Crippen molar-refractivity contribution in [2.75, 3.05) is 26.8 Å². The first kappa shape index (κ1) is 12.8.